The minimum absolute atomic E-state index is 0.140. The maximum atomic E-state index is 13.0. The number of nitrogens with zero attached hydrogens (tertiary/aromatic N) is 1. The highest BCUT2D eigenvalue weighted by molar-refractivity contribution is 5.80. The third-order valence-corrected chi connectivity index (χ3v) is 6.45. The molecule has 4 unspecified atom stereocenters. The Hall–Kier alpha value is -0.980. The van der Waals surface area contributed by atoms with Crippen molar-refractivity contribution in [3.8, 4) is 0 Å². The van der Waals surface area contributed by atoms with Crippen LogP contribution in [0.15, 0.2) is 4.99 Å². The van der Waals surface area contributed by atoms with Gasteiger partial charge in [0.05, 0.1) is 12.0 Å². The fraction of sp³-hybridized carbons (Fsp3) is 0.944. The van der Waals surface area contributed by atoms with Crippen molar-refractivity contribution in [2.45, 2.75) is 82.7 Å². The standard InChI is InChI=1S/C18H30F3N3O/c1-3-25-15-11-14(17(15)8-5-9-17)24-16(22-2)23-13-7-4-6-12(10-13)18(19,20)21/h12-15H,3-11H2,1-2H3,(H2,22,23,24). The maximum Gasteiger partial charge on any atom is 0.391 e. The van der Waals surface area contributed by atoms with E-state index in [1.54, 1.807) is 7.05 Å². The van der Waals surface area contributed by atoms with Gasteiger partial charge < -0.3 is 15.4 Å². The van der Waals surface area contributed by atoms with Gasteiger partial charge in [0.1, 0.15) is 0 Å². The van der Waals surface area contributed by atoms with Crippen molar-refractivity contribution < 1.29 is 17.9 Å². The lowest BCUT2D eigenvalue weighted by atomic mass is 9.51. The molecule has 0 bridgehead atoms. The van der Waals surface area contributed by atoms with Gasteiger partial charge in [-0.2, -0.15) is 13.2 Å². The third-order valence-electron chi connectivity index (χ3n) is 6.45. The molecule has 0 aromatic heterocycles. The van der Waals surface area contributed by atoms with Crippen LogP contribution >= 0.6 is 0 Å². The number of halogens is 3. The second-order valence-corrected chi connectivity index (χ2v) is 7.78. The highest BCUT2D eigenvalue weighted by Crippen LogP contribution is 2.57. The van der Waals surface area contributed by atoms with Gasteiger partial charge in [-0.15, -0.1) is 0 Å². The first-order valence-corrected chi connectivity index (χ1v) is 9.57. The Labute approximate surface area is 148 Å². The lowest BCUT2D eigenvalue weighted by molar-refractivity contribution is -0.183. The monoisotopic (exact) mass is 361 g/mol. The average Bonchev–Trinajstić information content (AvgIpc) is 2.50. The van der Waals surface area contributed by atoms with E-state index < -0.39 is 12.1 Å². The summed E-state index contributed by atoms with van der Waals surface area (Å²) >= 11 is 0. The molecule has 4 atom stereocenters. The van der Waals surface area contributed by atoms with Gasteiger partial charge in [-0.05, 0) is 45.4 Å². The van der Waals surface area contributed by atoms with Gasteiger partial charge in [0, 0.05) is 31.2 Å². The van der Waals surface area contributed by atoms with Gasteiger partial charge in [0.15, 0.2) is 5.96 Å². The quantitative estimate of drug-likeness (QED) is 0.594. The van der Waals surface area contributed by atoms with Crippen LogP contribution in [0.3, 0.4) is 0 Å². The number of ether oxygens (including phenoxy) is 1. The summed E-state index contributed by atoms with van der Waals surface area (Å²) in [6.45, 7) is 2.75. The number of rotatable bonds is 4. The number of hydrogen-bond donors (Lipinski definition) is 2. The molecule has 3 rings (SSSR count). The molecule has 25 heavy (non-hydrogen) atoms. The molecule has 1 spiro atoms. The van der Waals surface area contributed by atoms with Gasteiger partial charge in [0.2, 0.25) is 0 Å². The summed E-state index contributed by atoms with van der Waals surface area (Å²) in [5, 5.41) is 6.70. The zero-order valence-corrected chi connectivity index (χ0v) is 15.2. The van der Waals surface area contributed by atoms with E-state index in [1.165, 1.54) is 6.42 Å². The summed E-state index contributed by atoms with van der Waals surface area (Å²) in [5.41, 5.74) is 0.203. The first kappa shape index (κ1) is 18.8. The van der Waals surface area contributed by atoms with E-state index in [0.29, 0.717) is 24.5 Å². The van der Waals surface area contributed by atoms with Crippen LogP contribution in [-0.2, 0) is 4.74 Å². The summed E-state index contributed by atoms with van der Waals surface area (Å²) < 4.78 is 44.8. The van der Waals surface area contributed by atoms with Gasteiger partial charge in [-0.25, -0.2) is 0 Å². The van der Waals surface area contributed by atoms with Crippen LogP contribution in [0.5, 0.6) is 0 Å². The van der Waals surface area contributed by atoms with Crippen molar-refractivity contribution in [2.75, 3.05) is 13.7 Å². The molecule has 2 N–H and O–H groups in total. The Morgan fingerprint density at radius 1 is 1.16 bits per heavy atom. The summed E-state index contributed by atoms with van der Waals surface area (Å²) in [5.74, 6) is -0.556. The molecule has 3 aliphatic rings. The van der Waals surface area contributed by atoms with Crippen LogP contribution in [0.2, 0.25) is 0 Å². The Balaban J connectivity index is 1.54. The normalized spacial score (nSPS) is 35.0. The molecule has 0 aliphatic heterocycles. The third kappa shape index (κ3) is 3.76. The lowest BCUT2D eigenvalue weighted by Crippen LogP contribution is -2.69. The highest BCUT2D eigenvalue weighted by atomic mass is 19.4. The van der Waals surface area contributed by atoms with Crippen LogP contribution in [0, 0.1) is 11.3 Å². The van der Waals surface area contributed by atoms with Crippen LogP contribution < -0.4 is 10.6 Å². The molecule has 3 saturated carbocycles. The Morgan fingerprint density at radius 2 is 1.92 bits per heavy atom. The molecule has 0 saturated heterocycles. The predicted molar refractivity (Wildman–Crippen MR) is 91.5 cm³/mol. The van der Waals surface area contributed by atoms with Crippen LogP contribution in [0.4, 0.5) is 13.2 Å². The van der Waals surface area contributed by atoms with Crippen molar-refractivity contribution in [1.29, 1.82) is 0 Å². The molecule has 0 aromatic rings. The molecule has 0 amide bonds. The lowest BCUT2D eigenvalue weighted by Gasteiger charge is -2.61. The summed E-state index contributed by atoms with van der Waals surface area (Å²) in [6, 6.07) is 0.151. The van der Waals surface area contributed by atoms with Gasteiger partial charge >= 0.3 is 6.18 Å². The molecule has 3 fully saturated rings. The van der Waals surface area contributed by atoms with E-state index in [2.05, 4.69) is 15.6 Å². The zero-order chi connectivity index (χ0) is 18.1. The predicted octanol–water partition coefficient (Wildman–Crippen LogP) is 3.62. The molecule has 3 aliphatic carbocycles. The molecule has 0 heterocycles. The van der Waals surface area contributed by atoms with Gasteiger partial charge in [-0.3, -0.25) is 4.99 Å². The fourth-order valence-electron chi connectivity index (χ4n) is 4.79. The molecule has 0 radical (unpaired) electrons. The van der Waals surface area contributed by atoms with E-state index in [1.807, 2.05) is 6.92 Å². The number of nitrogens with one attached hydrogen (secondary N) is 2. The second kappa shape index (κ2) is 7.33. The molecule has 4 nitrogen and oxygen atoms in total. The average molecular weight is 361 g/mol. The van der Waals surface area contributed by atoms with E-state index in [9.17, 15) is 13.2 Å². The van der Waals surface area contributed by atoms with E-state index in [-0.39, 0.29) is 24.3 Å². The molecule has 7 heteroatoms. The summed E-state index contributed by atoms with van der Waals surface area (Å²) in [7, 11) is 1.69. The first-order valence-electron chi connectivity index (χ1n) is 9.57. The van der Waals surface area contributed by atoms with Gasteiger partial charge in [0.25, 0.3) is 0 Å². The smallest absolute Gasteiger partial charge is 0.378 e. The fourth-order valence-corrected chi connectivity index (χ4v) is 4.79. The largest absolute Gasteiger partial charge is 0.391 e. The van der Waals surface area contributed by atoms with Crippen molar-refractivity contribution in [3.63, 3.8) is 0 Å². The topological polar surface area (TPSA) is 45.6 Å². The van der Waals surface area contributed by atoms with Crippen molar-refractivity contribution >= 4 is 5.96 Å². The molecular formula is C18H30F3N3O. The Kier molecular flexibility index (Phi) is 5.51. The van der Waals surface area contributed by atoms with Crippen molar-refractivity contribution in [1.82, 2.24) is 10.6 Å². The minimum Gasteiger partial charge on any atom is -0.378 e. The first-order chi connectivity index (χ1) is 11.9. The van der Waals surface area contributed by atoms with Crippen molar-refractivity contribution in [3.05, 3.63) is 0 Å². The van der Waals surface area contributed by atoms with E-state index in [4.69, 9.17) is 4.74 Å². The maximum absolute atomic E-state index is 13.0. The summed E-state index contributed by atoms with van der Waals surface area (Å²) in [4.78, 5) is 4.26. The van der Waals surface area contributed by atoms with Gasteiger partial charge in [-0.1, -0.05) is 12.8 Å². The van der Waals surface area contributed by atoms with Crippen LogP contribution in [0.25, 0.3) is 0 Å². The number of alkyl halides is 3. The van der Waals surface area contributed by atoms with E-state index >= 15 is 0 Å². The zero-order valence-electron chi connectivity index (χ0n) is 15.2. The molecular weight excluding hydrogens is 331 g/mol. The summed E-state index contributed by atoms with van der Waals surface area (Å²) in [6.07, 6.45) is 2.48. The molecule has 144 valence electrons. The second-order valence-electron chi connectivity index (χ2n) is 7.78. The number of aliphatic imine (C=N–C) groups is 1. The number of guanidine groups is 1. The van der Waals surface area contributed by atoms with Crippen LogP contribution in [0.1, 0.15) is 58.3 Å². The SMILES string of the molecule is CCOC1CC(NC(=NC)NC2CCCC(C(F)(F)F)C2)C12CCC2. The Bertz CT molecular complexity index is 490. The van der Waals surface area contributed by atoms with E-state index in [0.717, 1.165) is 32.3 Å². The van der Waals surface area contributed by atoms with Crippen molar-refractivity contribution in [2.24, 2.45) is 16.3 Å². The molecule has 0 aromatic carbocycles. The van der Waals surface area contributed by atoms with Crippen LogP contribution in [-0.4, -0.2) is 44.0 Å². The Morgan fingerprint density at radius 3 is 2.48 bits per heavy atom. The minimum atomic E-state index is -4.09. The number of hydrogen-bond acceptors (Lipinski definition) is 2. The highest BCUT2D eigenvalue weighted by Gasteiger charge is 2.59.